The zero-order valence-corrected chi connectivity index (χ0v) is 11.5. The summed E-state index contributed by atoms with van der Waals surface area (Å²) in [7, 11) is 0. The van der Waals surface area contributed by atoms with Crippen molar-refractivity contribution in [3.05, 3.63) is 59.9 Å². The highest BCUT2D eigenvalue weighted by Gasteiger charge is 2.40. The summed E-state index contributed by atoms with van der Waals surface area (Å²) in [6.07, 6.45) is 3.71. The molecule has 0 bridgehead atoms. The average Bonchev–Trinajstić information content (AvgIpc) is 2.79. The maximum atomic E-state index is 6.04. The molecule has 1 aliphatic heterocycles. The summed E-state index contributed by atoms with van der Waals surface area (Å²) in [5, 5.41) is 2.05. The van der Waals surface area contributed by atoms with Crippen molar-refractivity contribution in [2.24, 2.45) is 0 Å². The molecule has 19 heavy (non-hydrogen) atoms. The van der Waals surface area contributed by atoms with Crippen molar-refractivity contribution in [1.29, 1.82) is 0 Å². The van der Waals surface area contributed by atoms with Crippen LogP contribution in [-0.2, 0) is 0 Å². The quantitative estimate of drug-likeness (QED) is 0.777. The number of fused-ring (bicyclic) bond motifs is 1. The highest BCUT2D eigenvalue weighted by Crippen LogP contribution is 2.44. The molecule has 0 saturated carbocycles. The van der Waals surface area contributed by atoms with Gasteiger partial charge in [0.05, 0.1) is 0 Å². The Morgan fingerprint density at radius 2 is 1.89 bits per heavy atom. The standard InChI is InChI=1S/C16H18N2O/c1-16(2,3)18-15(12-7-6-10-17-11-12)13-8-4-5-9-14(13)19-18/h4-11,15H,1-3H3. The molecule has 1 aliphatic rings. The van der Waals surface area contributed by atoms with Gasteiger partial charge in [-0.25, -0.2) is 0 Å². The number of hydrogen-bond acceptors (Lipinski definition) is 3. The van der Waals surface area contributed by atoms with Crippen LogP contribution < -0.4 is 4.84 Å². The Morgan fingerprint density at radius 1 is 1.11 bits per heavy atom. The molecule has 0 radical (unpaired) electrons. The Morgan fingerprint density at radius 3 is 2.58 bits per heavy atom. The van der Waals surface area contributed by atoms with E-state index in [-0.39, 0.29) is 11.6 Å². The number of para-hydroxylation sites is 1. The Hall–Kier alpha value is -1.87. The van der Waals surface area contributed by atoms with Gasteiger partial charge in [0, 0.05) is 23.5 Å². The van der Waals surface area contributed by atoms with Crippen molar-refractivity contribution < 1.29 is 4.84 Å². The van der Waals surface area contributed by atoms with Gasteiger partial charge < -0.3 is 4.84 Å². The zero-order chi connectivity index (χ0) is 13.5. The van der Waals surface area contributed by atoms with Crippen molar-refractivity contribution in [1.82, 2.24) is 10.0 Å². The summed E-state index contributed by atoms with van der Waals surface area (Å²) >= 11 is 0. The predicted molar refractivity (Wildman–Crippen MR) is 74.7 cm³/mol. The van der Waals surface area contributed by atoms with E-state index in [4.69, 9.17) is 4.84 Å². The highest BCUT2D eigenvalue weighted by atomic mass is 16.7. The molecule has 1 aromatic heterocycles. The summed E-state index contributed by atoms with van der Waals surface area (Å²) in [4.78, 5) is 10.3. The molecule has 2 heterocycles. The first kappa shape index (κ1) is 12.2. The van der Waals surface area contributed by atoms with Crippen LogP contribution in [0.5, 0.6) is 5.75 Å². The Bertz CT molecular complexity index is 575. The second-order valence-corrected chi connectivity index (χ2v) is 5.81. The molecule has 1 aromatic carbocycles. The number of pyridine rings is 1. The minimum atomic E-state index is -0.0838. The van der Waals surface area contributed by atoms with Gasteiger partial charge >= 0.3 is 0 Å². The molecule has 3 nitrogen and oxygen atoms in total. The van der Waals surface area contributed by atoms with Crippen LogP contribution in [0.3, 0.4) is 0 Å². The summed E-state index contributed by atoms with van der Waals surface area (Å²) in [6, 6.07) is 12.4. The van der Waals surface area contributed by atoms with Gasteiger partial charge in [-0.05, 0) is 38.5 Å². The molecule has 0 fully saturated rings. The maximum absolute atomic E-state index is 6.04. The first-order chi connectivity index (χ1) is 9.07. The van der Waals surface area contributed by atoms with Gasteiger partial charge in [0.25, 0.3) is 0 Å². The van der Waals surface area contributed by atoms with Gasteiger partial charge in [0.15, 0.2) is 5.75 Å². The van der Waals surface area contributed by atoms with Crippen LogP contribution in [0.4, 0.5) is 0 Å². The minimum absolute atomic E-state index is 0.0838. The fraction of sp³-hybridized carbons (Fsp3) is 0.312. The van der Waals surface area contributed by atoms with E-state index < -0.39 is 0 Å². The van der Waals surface area contributed by atoms with Crippen LogP contribution in [0.1, 0.15) is 37.9 Å². The molecular weight excluding hydrogens is 236 g/mol. The molecule has 3 rings (SSSR count). The number of hydrogen-bond donors (Lipinski definition) is 0. The Kier molecular flexibility index (Phi) is 2.79. The van der Waals surface area contributed by atoms with Crippen LogP contribution >= 0.6 is 0 Å². The predicted octanol–water partition coefficient (Wildman–Crippen LogP) is 3.58. The van der Waals surface area contributed by atoms with Gasteiger partial charge in [-0.3, -0.25) is 4.98 Å². The van der Waals surface area contributed by atoms with Crippen molar-refractivity contribution >= 4 is 0 Å². The zero-order valence-electron chi connectivity index (χ0n) is 11.5. The normalized spacial score (nSPS) is 19.0. The van der Waals surface area contributed by atoms with Crippen LogP contribution in [0.25, 0.3) is 0 Å². The maximum Gasteiger partial charge on any atom is 0.152 e. The third-order valence-electron chi connectivity index (χ3n) is 3.31. The first-order valence-corrected chi connectivity index (χ1v) is 6.53. The summed E-state index contributed by atoms with van der Waals surface area (Å²) < 4.78 is 0. The molecular formula is C16H18N2O. The molecule has 0 spiro atoms. The monoisotopic (exact) mass is 254 g/mol. The Balaban J connectivity index is 2.11. The van der Waals surface area contributed by atoms with Gasteiger partial charge in [0.1, 0.15) is 6.04 Å². The van der Waals surface area contributed by atoms with E-state index in [0.717, 1.165) is 11.3 Å². The third-order valence-corrected chi connectivity index (χ3v) is 3.31. The summed E-state index contributed by atoms with van der Waals surface area (Å²) in [5.41, 5.74) is 2.27. The van der Waals surface area contributed by atoms with Crippen molar-refractivity contribution in [2.75, 3.05) is 0 Å². The van der Waals surface area contributed by atoms with Gasteiger partial charge in [0.2, 0.25) is 0 Å². The lowest BCUT2D eigenvalue weighted by atomic mass is 9.96. The highest BCUT2D eigenvalue weighted by molar-refractivity contribution is 5.43. The molecule has 0 aliphatic carbocycles. The number of aromatic nitrogens is 1. The first-order valence-electron chi connectivity index (χ1n) is 6.53. The topological polar surface area (TPSA) is 25.4 Å². The van der Waals surface area contributed by atoms with Gasteiger partial charge in [-0.2, -0.15) is 0 Å². The number of hydroxylamine groups is 2. The molecule has 2 aromatic rings. The van der Waals surface area contributed by atoms with E-state index in [1.54, 1.807) is 6.20 Å². The smallest absolute Gasteiger partial charge is 0.152 e. The van der Waals surface area contributed by atoms with Crippen LogP contribution in [0.2, 0.25) is 0 Å². The van der Waals surface area contributed by atoms with Crippen LogP contribution in [0, 0.1) is 0 Å². The second-order valence-electron chi connectivity index (χ2n) is 5.81. The van der Waals surface area contributed by atoms with E-state index in [9.17, 15) is 0 Å². The molecule has 0 amide bonds. The number of nitrogens with zero attached hydrogens (tertiary/aromatic N) is 2. The van der Waals surface area contributed by atoms with Crippen LogP contribution in [-0.4, -0.2) is 15.6 Å². The van der Waals surface area contributed by atoms with E-state index in [0.29, 0.717) is 0 Å². The van der Waals surface area contributed by atoms with Crippen molar-refractivity contribution in [2.45, 2.75) is 32.4 Å². The summed E-state index contributed by atoms with van der Waals surface area (Å²) in [5.74, 6) is 0.936. The molecule has 1 atom stereocenters. The average molecular weight is 254 g/mol. The third kappa shape index (κ3) is 2.10. The largest absolute Gasteiger partial charge is 0.404 e. The molecule has 1 unspecified atom stereocenters. The SMILES string of the molecule is CC(C)(C)N1Oc2ccccc2C1c1cccnc1. The lowest BCUT2D eigenvalue weighted by molar-refractivity contribution is -0.128. The van der Waals surface area contributed by atoms with Crippen LogP contribution in [0.15, 0.2) is 48.8 Å². The van der Waals surface area contributed by atoms with Crippen molar-refractivity contribution in [3.8, 4) is 5.75 Å². The fourth-order valence-electron chi connectivity index (χ4n) is 2.45. The molecule has 98 valence electrons. The molecule has 0 saturated heterocycles. The Labute approximate surface area is 113 Å². The van der Waals surface area contributed by atoms with E-state index in [1.807, 2.05) is 24.4 Å². The lowest BCUT2D eigenvalue weighted by Gasteiger charge is -2.34. The van der Waals surface area contributed by atoms with Crippen molar-refractivity contribution in [3.63, 3.8) is 0 Å². The summed E-state index contributed by atoms with van der Waals surface area (Å²) in [6.45, 7) is 6.47. The minimum Gasteiger partial charge on any atom is -0.404 e. The fourth-order valence-corrected chi connectivity index (χ4v) is 2.45. The van der Waals surface area contributed by atoms with Gasteiger partial charge in [-0.1, -0.05) is 24.3 Å². The lowest BCUT2D eigenvalue weighted by Crippen LogP contribution is -2.43. The molecule has 3 heteroatoms. The van der Waals surface area contributed by atoms with E-state index in [1.165, 1.54) is 5.56 Å². The van der Waals surface area contributed by atoms with Gasteiger partial charge in [-0.15, -0.1) is 5.06 Å². The number of benzene rings is 1. The second kappa shape index (κ2) is 4.35. The van der Waals surface area contributed by atoms with E-state index in [2.05, 4.69) is 49.0 Å². The van der Waals surface area contributed by atoms with E-state index >= 15 is 0 Å². The number of rotatable bonds is 1. The molecule has 0 N–H and O–H groups in total.